The molecule has 1 aromatic rings. The number of nitrogens with one attached hydrogen (secondary N) is 1. The normalized spacial score (nSPS) is 25.5. The molecule has 1 heterocycles. The van der Waals surface area contributed by atoms with Crippen molar-refractivity contribution >= 4 is 17.6 Å². The molecule has 25 heavy (non-hydrogen) atoms. The number of amides is 1. The summed E-state index contributed by atoms with van der Waals surface area (Å²) in [5.41, 5.74) is 0.828. The summed E-state index contributed by atoms with van der Waals surface area (Å²) in [6.45, 7) is 2.70. The Morgan fingerprint density at radius 1 is 1.28 bits per heavy atom. The average Bonchev–Trinajstić information content (AvgIpc) is 2.62. The van der Waals surface area contributed by atoms with E-state index in [0.717, 1.165) is 18.5 Å². The van der Waals surface area contributed by atoms with Gasteiger partial charge in [-0.2, -0.15) is 0 Å². The molecule has 1 aliphatic carbocycles. The summed E-state index contributed by atoms with van der Waals surface area (Å²) in [5, 5.41) is 3.17. The first-order valence-corrected chi connectivity index (χ1v) is 8.96. The largest absolute Gasteiger partial charge is 0.475 e. The van der Waals surface area contributed by atoms with Crippen molar-refractivity contribution < 1.29 is 19.1 Å². The Kier molecular flexibility index (Phi) is 5.46. The van der Waals surface area contributed by atoms with Gasteiger partial charge in [0.25, 0.3) is 0 Å². The fraction of sp³-hybridized carbons (Fsp3) is 0.579. The molecule has 1 saturated carbocycles. The third-order valence-corrected chi connectivity index (χ3v) is 5.12. The first-order valence-electron chi connectivity index (χ1n) is 8.96. The summed E-state index contributed by atoms with van der Waals surface area (Å²) >= 11 is 0. The number of carbonyl (C=O) groups excluding carboxylic acids is 2. The molecule has 0 radical (unpaired) electrons. The molecule has 2 aliphatic rings. The summed E-state index contributed by atoms with van der Waals surface area (Å²) < 4.78 is 10.5. The summed E-state index contributed by atoms with van der Waals surface area (Å²) in [6, 6.07) is 7.70. The highest BCUT2D eigenvalue weighted by atomic mass is 16.6. The number of hydrogen-bond acceptors (Lipinski definition) is 5. The predicted molar refractivity (Wildman–Crippen MR) is 94.6 cm³/mol. The van der Waals surface area contributed by atoms with E-state index < -0.39 is 12.1 Å². The summed E-state index contributed by atoms with van der Waals surface area (Å²) in [7, 11) is 1.34. The van der Waals surface area contributed by atoms with E-state index in [2.05, 4.69) is 12.2 Å². The van der Waals surface area contributed by atoms with E-state index in [9.17, 15) is 9.59 Å². The number of fused-ring (bicyclic) bond motifs is 1. The molecule has 6 nitrogen and oxygen atoms in total. The van der Waals surface area contributed by atoms with Crippen LogP contribution in [0.3, 0.4) is 0 Å². The number of para-hydroxylation sites is 2. The lowest BCUT2D eigenvalue weighted by atomic mass is 9.86. The molecular weight excluding hydrogens is 320 g/mol. The number of benzene rings is 1. The van der Waals surface area contributed by atoms with Crippen LogP contribution in [0.1, 0.15) is 32.6 Å². The van der Waals surface area contributed by atoms with Gasteiger partial charge in [0, 0.05) is 6.04 Å². The van der Waals surface area contributed by atoms with Crippen LogP contribution in [0.15, 0.2) is 24.3 Å². The van der Waals surface area contributed by atoms with Gasteiger partial charge in [-0.1, -0.05) is 31.9 Å². The standard InChI is InChI=1S/C19H26N2O4/c1-13-7-3-4-8-14(13)20-18(22)12-21-11-17(19(23)24-2)25-16-10-6-5-9-15(16)21/h5-6,9-10,13-14,17H,3-4,7-8,11-12H2,1-2H3,(H,20,22)/t13-,14+,17-/m1/s1. The number of anilines is 1. The van der Waals surface area contributed by atoms with Crippen molar-refractivity contribution in [2.24, 2.45) is 5.92 Å². The number of esters is 1. The van der Waals surface area contributed by atoms with Crippen LogP contribution >= 0.6 is 0 Å². The second kappa shape index (κ2) is 7.76. The van der Waals surface area contributed by atoms with Gasteiger partial charge in [-0.3, -0.25) is 4.79 Å². The molecule has 0 unspecified atom stereocenters. The Labute approximate surface area is 148 Å². The van der Waals surface area contributed by atoms with Gasteiger partial charge in [0.05, 0.1) is 25.9 Å². The zero-order valence-corrected chi connectivity index (χ0v) is 14.9. The highest BCUT2D eigenvalue weighted by molar-refractivity contribution is 5.84. The third-order valence-electron chi connectivity index (χ3n) is 5.12. The number of ether oxygens (including phenoxy) is 2. The number of methoxy groups -OCH3 is 1. The van der Waals surface area contributed by atoms with Crippen LogP contribution in [0.4, 0.5) is 5.69 Å². The van der Waals surface area contributed by atoms with E-state index in [1.54, 1.807) is 6.07 Å². The molecule has 0 bridgehead atoms. The molecule has 1 aliphatic heterocycles. The summed E-state index contributed by atoms with van der Waals surface area (Å²) in [6.07, 6.45) is 3.89. The predicted octanol–water partition coefficient (Wildman–Crippen LogP) is 2.12. The second-order valence-electron chi connectivity index (χ2n) is 6.91. The topological polar surface area (TPSA) is 67.9 Å². The average molecular weight is 346 g/mol. The molecule has 1 fully saturated rings. The number of hydrogen-bond donors (Lipinski definition) is 1. The highest BCUT2D eigenvalue weighted by Gasteiger charge is 2.32. The van der Waals surface area contributed by atoms with E-state index in [1.807, 2.05) is 23.1 Å². The quantitative estimate of drug-likeness (QED) is 0.846. The number of carbonyl (C=O) groups is 2. The molecule has 3 rings (SSSR count). The fourth-order valence-electron chi connectivity index (χ4n) is 3.67. The van der Waals surface area contributed by atoms with Gasteiger partial charge in [0.15, 0.2) is 0 Å². The van der Waals surface area contributed by atoms with Crippen molar-refractivity contribution in [2.45, 2.75) is 44.8 Å². The monoisotopic (exact) mass is 346 g/mol. The molecular formula is C19H26N2O4. The molecule has 1 amide bonds. The first kappa shape index (κ1) is 17.6. The van der Waals surface area contributed by atoms with Gasteiger partial charge in [0.2, 0.25) is 12.0 Å². The second-order valence-corrected chi connectivity index (χ2v) is 6.91. The Morgan fingerprint density at radius 2 is 2.04 bits per heavy atom. The van der Waals surface area contributed by atoms with Gasteiger partial charge in [0.1, 0.15) is 5.75 Å². The van der Waals surface area contributed by atoms with E-state index >= 15 is 0 Å². The van der Waals surface area contributed by atoms with Crippen LogP contribution in [0, 0.1) is 5.92 Å². The SMILES string of the molecule is COC(=O)[C@H]1CN(CC(=O)N[C@H]2CCCC[C@H]2C)c2ccccc2O1. The van der Waals surface area contributed by atoms with Crippen molar-refractivity contribution in [1.29, 1.82) is 0 Å². The molecule has 0 spiro atoms. The van der Waals surface area contributed by atoms with Crippen molar-refractivity contribution in [3.63, 3.8) is 0 Å². The molecule has 0 aromatic heterocycles. The maximum absolute atomic E-state index is 12.6. The minimum atomic E-state index is -0.721. The van der Waals surface area contributed by atoms with Crippen LogP contribution in [-0.4, -0.2) is 44.2 Å². The van der Waals surface area contributed by atoms with E-state index in [4.69, 9.17) is 9.47 Å². The fourth-order valence-corrected chi connectivity index (χ4v) is 3.67. The van der Waals surface area contributed by atoms with Crippen molar-refractivity contribution in [1.82, 2.24) is 5.32 Å². The van der Waals surface area contributed by atoms with Crippen LogP contribution in [0.5, 0.6) is 5.75 Å². The maximum atomic E-state index is 12.6. The van der Waals surface area contributed by atoms with Gasteiger partial charge in [-0.15, -0.1) is 0 Å². The maximum Gasteiger partial charge on any atom is 0.348 e. The molecule has 3 atom stereocenters. The van der Waals surface area contributed by atoms with Crippen LogP contribution < -0.4 is 15.0 Å². The lowest BCUT2D eigenvalue weighted by Gasteiger charge is -2.35. The van der Waals surface area contributed by atoms with Gasteiger partial charge < -0.3 is 19.7 Å². The smallest absolute Gasteiger partial charge is 0.348 e. The molecule has 1 aromatic carbocycles. The Hall–Kier alpha value is -2.24. The van der Waals surface area contributed by atoms with Crippen LogP contribution in [0.25, 0.3) is 0 Å². The van der Waals surface area contributed by atoms with Crippen LogP contribution in [0.2, 0.25) is 0 Å². The van der Waals surface area contributed by atoms with Crippen molar-refractivity contribution in [2.75, 3.05) is 25.1 Å². The molecule has 0 saturated heterocycles. The first-order chi connectivity index (χ1) is 12.1. The Bertz CT molecular complexity index is 634. The van der Waals surface area contributed by atoms with E-state index in [1.165, 1.54) is 20.0 Å². The minimum absolute atomic E-state index is 0.0148. The Balaban J connectivity index is 1.69. The number of nitrogens with zero attached hydrogens (tertiary/aromatic N) is 1. The summed E-state index contributed by atoms with van der Waals surface area (Å²) in [5.74, 6) is 0.667. The highest BCUT2D eigenvalue weighted by Crippen LogP contribution is 2.33. The lowest BCUT2D eigenvalue weighted by molar-refractivity contribution is -0.148. The van der Waals surface area contributed by atoms with E-state index in [0.29, 0.717) is 18.2 Å². The van der Waals surface area contributed by atoms with Gasteiger partial charge >= 0.3 is 5.97 Å². The lowest BCUT2D eigenvalue weighted by Crippen LogP contribution is -2.50. The zero-order chi connectivity index (χ0) is 17.8. The molecule has 136 valence electrons. The van der Waals surface area contributed by atoms with Crippen molar-refractivity contribution in [3.8, 4) is 5.75 Å². The third kappa shape index (κ3) is 4.06. The zero-order valence-electron chi connectivity index (χ0n) is 14.9. The van der Waals surface area contributed by atoms with E-state index in [-0.39, 0.29) is 18.5 Å². The molecule has 1 N–H and O–H groups in total. The van der Waals surface area contributed by atoms with Crippen LogP contribution in [-0.2, 0) is 14.3 Å². The Morgan fingerprint density at radius 3 is 2.80 bits per heavy atom. The van der Waals surface area contributed by atoms with Gasteiger partial charge in [-0.25, -0.2) is 4.79 Å². The number of rotatable bonds is 4. The van der Waals surface area contributed by atoms with Gasteiger partial charge in [-0.05, 0) is 30.9 Å². The molecule has 6 heteroatoms. The minimum Gasteiger partial charge on any atom is -0.475 e. The van der Waals surface area contributed by atoms with Crippen molar-refractivity contribution in [3.05, 3.63) is 24.3 Å². The summed E-state index contributed by atoms with van der Waals surface area (Å²) in [4.78, 5) is 26.4.